The molecule has 0 aliphatic heterocycles. The zero-order valence-corrected chi connectivity index (χ0v) is 13.1. The van der Waals surface area contributed by atoms with Gasteiger partial charge in [0.2, 0.25) is 0 Å². The van der Waals surface area contributed by atoms with E-state index in [0.29, 0.717) is 21.7 Å². The molecular weight excluding hydrogens is 338 g/mol. The van der Waals surface area contributed by atoms with Gasteiger partial charge in [0.25, 0.3) is 0 Å². The third kappa shape index (κ3) is 2.77. The van der Waals surface area contributed by atoms with E-state index in [4.69, 9.17) is 11.6 Å². The van der Waals surface area contributed by atoms with Gasteiger partial charge in [-0.3, -0.25) is 4.79 Å². The molecule has 0 aromatic heterocycles. The molecule has 0 radical (unpaired) electrons. The van der Waals surface area contributed by atoms with E-state index in [1.165, 1.54) is 0 Å². The number of hydrogen-bond donors (Lipinski definition) is 0. The maximum Gasteiger partial charge on any atom is 0.184 e. The highest BCUT2D eigenvalue weighted by Gasteiger charge is 2.25. The van der Waals surface area contributed by atoms with Gasteiger partial charge < -0.3 is 0 Å². The molecule has 2 nitrogen and oxygen atoms in total. The highest BCUT2D eigenvalue weighted by atomic mass is 79.9. The normalized spacial score (nSPS) is 11.7. The van der Waals surface area contributed by atoms with Crippen molar-refractivity contribution in [1.82, 2.24) is 0 Å². The summed E-state index contributed by atoms with van der Waals surface area (Å²) in [6.45, 7) is 1.78. The topological polar surface area (TPSA) is 40.9 Å². The minimum Gasteiger partial charge on any atom is -0.292 e. The molecule has 0 aliphatic carbocycles. The second-order valence-corrected chi connectivity index (χ2v) is 5.62. The zero-order valence-electron chi connectivity index (χ0n) is 10.7. The van der Waals surface area contributed by atoms with Crippen LogP contribution in [0.25, 0.3) is 0 Å². The number of carbonyl (C=O) groups excluding carboxylic acids is 1. The van der Waals surface area contributed by atoms with Crippen LogP contribution in [0.4, 0.5) is 0 Å². The lowest BCUT2D eigenvalue weighted by Crippen LogP contribution is -2.13. The summed E-state index contributed by atoms with van der Waals surface area (Å²) in [5.41, 5.74) is 1.85. The van der Waals surface area contributed by atoms with E-state index >= 15 is 0 Å². The van der Waals surface area contributed by atoms with Crippen molar-refractivity contribution in [3.63, 3.8) is 0 Å². The van der Waals surface area contributed by atoms with Gasteiger partial charge in [-0.1, -0.05) is 57.9 Å². The molecule has 1 unspecified atom stereocenters. The van der Waals surface area contributed by atoms with E-state index in [9.17, 15) is 10.1 Å². The molecule has 1 atom stereocenters. The van der Waals surface area contributed by atoms with Gasteiger partial charge in [-0.25, -0.2) is 0 Å². The summed E-state index contributed by atoms with van der Waals surface area (Å²) in [5.74, 6) is -1.08. The van der Waals surface area contributed by atoms with Crippen LogP contribution in [-0.4, -0.2) is 5.78 Å². The fraction of sp³-hybridized carbons (Fsp3) is 0.125. The van der Waals surface area contributed by atoms with Crippen molar-refractivity contribution < 1.29 is 4.79 Å². The van der Waals surface area contributed by atoms with Gasteiger partial charge in [0, 0.05) is 15.1 Å². The molecular formula is C16H11BrClNO. The van der Waals surface area contributed by atoms with E-state index in [-0.39, 0.29) is 5.78 Å². The summed E-state index contributed by atoms with van der Waals surface area (Å²) in [7, 11) is 0. The van der Waals surface area contributed by atoms with E-state index in [1.807, 2.05) is 18.2 Å². The summed E-state index contributed by atoms with van der Waals surface area (Å²) in [4.78, 5) is 12.6. The quantitative estimate of drug-likeness (QED) is 0.740. The number of benzene rings is 2. The van der Waals surface area contributed by atoms with Crippen LogP contribution in [0.3, 0.4) is 0 Å². The molecule has 0 saturated carbocycles. The van der Waals surface area contributed by atoms with Crippen molar-refractivity contribution in [2.24, 2.45) is 0 Å². The lowest BCUT2D eigenvalue weighted by Gasteiger charge is -2.12. The van der Waals surface area contributed by atoms with Crippen molar-refractivity contribution in [2.75, 3.05) is 0 Å². The Hall–Kier alpha value is -1.63. The van der Waals surface area contributed by atoms with Crippen LogP contribution in [0.1, 0.15) is 27.4 Å². The van der Waals surface area contributed by atoms with Crippen LogP contribution in [0, 0.1) is 18.3 Å². The monoisotopic (exact) mass is 347 g/mol. The molecule has 2 aromatic carbocycles. The van der Waals surface area contributed by atoms with Crippen molar-refractivity contribution in [1.29, 1.82) is 5.26 Å². The van der Waals surface area contributed by atoms with Gasteiger partial charge in [0.15, 0.2) is 5.78 Å². The summed E-state index contributed by atoms with van der Waals surface area (Å²) in [6.07, 6.45) is 0. The first kappa shape index (κ1) is 14.8. The van der Waals surface area contributed by atoms with Crippen LogP contribution in [-0.2, 0) is 0 Å². The van der Waals surface area contributed by atoms with Crippen molar-refractivity contribution in [3.05, 3.63) is 68.7 Å². The van der Waals surface area contributed by atoms with Crippen LogP contribution >= 0.6 is 27.5 Å². The first-order valence-corrected chi connectivity index (χ1v) is 7.16. The maximum atomic E-state index is 12.6. The number of ketones is 1. The second kappa shape index (κ2) is 6.21. The van der Waals surface area contributed by atoms with Crippen molar-refractivity contribution in [2.45, 2.75) is 12.8 Å². The standard InChI is InChI=1S/C16H11BrClNO/c1-10-11(6-4-8-15(10)18)16(20)13(9-19)12-5-2-3-7-14(12)17/h2-8,13H,1H3. The molecule has 0 bridgehead atoms. The molecule has 0 spiro atoms. The molecule has 0 fully saturated rings. The number of nitriles is 1. The number of carbonyl (C=O) groups is 1. The Labute approximate surface area is 131 Å². The highest BCUT2D eigenvalue weighted by molar-refractivity contribution is 9.10. The molecule has 2 aromatic rings. The summed E-state index contributed by atoms with van der Waals surface area (Å²) >= 11 is 9.42. The lowest BCUT2D eigenvalue weighted by molar-refractivity contribution is 0.0978. The Balaban J connectivity index is 2.49. The average molecular weight is 349 g/mol. The third-order valence-corrected chi connectivity index (χ3v) is 4.27. The predicted molar refractivity (Wildman–Crippen MR) is 83.0 cm³/mol. The molecule has 2 rings (SSSR count). The lowest BCUT2D eigenvalue weighted by atomic mass is 9.90. The summed E-state index contributed by atoms with van der Waals surface area (Å²) in [5, 5.41) is 9.90. The van der Waals surface area contributed by atoms with Crippen LogP contribution < -0.4 is 0 Å². The third-order valence-electron chi connectivity index (χ3n) is 3.14. The first-order valence-electron chi connectivity index (χ1n) is 5.99. The molecule has 0 aliphatic rings. The minimum atomic E-state index is -0.845. The van der Waals surface area contributed by atoms with E-state index in [2.05, 4.69) is 22.0 Å². The summed E-state index contributed by atoms with van der Waals surface area (Å²) < 4.78 is 0.750. The fourth-order valence-corrected chi connectivity index (χ4v) is 2.70. The molecule has 0 saturated heterocycles. The van der Waals surface area contributed by atoms with Gasteiger partial charge in [-0.05, 0) is 30.2 Å². The van der Waals surface area contributed by atoms with Gasteiger partial charge in [-0.2, -0.15) is 5.26 Å². The van der Waals surface area contributed by atoms with Gasteiger partial charge >= 0.3 is 0 Å². The zero-order chi connectivity index (χ0) is 14.7. The summed E-state index contributed by atoms with van der Waals surface area (Å²) in [6, 6.07) is 14.5. The number of halogens is 2. The Kier molecular flexibility index (Phi) is 4.59. The van der Waals surface area contributed by atoms with E-state index < -0.39 is 5.92 Å². The smallest absolute Gasteiger partial charge is 0.184 e. The number of rotatable bonds is 3. The van der Waals surface area contributed by atoms with Crippen molar-refractivity contribution in [3.8, 4) is 6.07 Å². The van der Waals surface area contributed by atoms with Crippen LogP contribution in [0.5, 0.6) is 0 Å². The fourth-order valence-electron chi connectivity index (χ4n) is 2.01. The van der Waals surface area contributed by atoms with Crippen molar-refractivity contribution >= 4 is 33.3 Å². The molecule has 20 heavy (non-hydrogen) atoms. The SMILES string of the molecule is Cc1c(Cl)cccc1C(=O)C(C#N)c1ccccc1Br. The second-order valence-electron chi connectivity index (χ2n) is 4.36. The Morgan fingerprint density at radius 1 is 1.25 bits per heavy atom. The Morgan fingerprint density at radius 2 is 1.95 bits per heavy atom. The largest absolute Gasteiger partial charge is 0.292 e. The number of hydrogen-bond acceptors (Lipinski definition) is 2. The van der Waals surface area contributed by atoms with Gasteiger partial charge in [0.05, 0.1) is 6.07 Å². The predicted octanol–water partition coefficient (Wildman–Crippen LogP) is 4.90. The molecule has 0 amide bonds. The molecule has 4 heteroatoms. The number of Topliss-reactive ketones (excluding diaryl/α,β-unsaturated/α-hetero) is 1. The number of nitrogens with zero attached hydrogens (tertiary/aromatic N) is 1. The van der Waals surface area contributed by atoms with Crippen LogP contribution in [0.15, 0.2) is 46.9 Å². The van der Waals surface area contributed by atoms with Gasteiger partial charge in [0.1, 0.15) is 5.92 Å². The maximum absolute atomic E-state index is 12.6. The molecule has 0 N–H and O–H groups in total. The Morgan fingerprint density at radius 3 is 2.60 bits per heavy atom. The first-order chi connectivity index (χ1) is 9.56. The highest BCUT2D eigenvalue weighted by Crippen LogP contribution is 2.29. The molecule has 0 heterocycles. The Bertz CT molecular complexity index is 706. The average Bonchev–Trinajstić information content (AvgIpc) is 2.44. The minimum absolute atomic E-state index is 0.237. The van der Waals surface area contributed by atoms with Gasteiger partial charge in [-0.15, -0.1) is 0 Å². The molecule has 100 valence electrons. The van der Waals surface area contributed by atoms with Crippen LogP contribution in [0.2, 0.25) is 5.02 Å². The van der Waals surface area contributed by atoms with E-state index in [0.717, 1.165) is 4.47 Å². The van der Waals surface area contributed by atoms with E-state index in [1.54, 1.807) is 31.2 Å².